The zero-order chi connectivity index (χ0) is 29.0. The maximum Gasteiger partial charge on any atom is 0.407 e. The van der Waals surface area contributed by atoms with E-state index in [0.29, 0.717) is 29.0 Å². The molecule has 9 heteroatoms. The van der Waals surface area contributed by atoms with Gasteiger partial charge in [-0.25, -0.2) is 9.18 Å². The Morgan fingerprint density at radius 2 is 1.74 bits per heavy atom. The highest BCUT2D eigenvalue weighted by molar-refractivity contribution is 6.30. The van der Waals surface area contributed by atoms with Crippen LogP contribution in [0.3, 0.4) is 0 Å². The van der Waals surface area contributed by atoms with Crippen LogP contribution in [0.25, 0.3) is 11.1 Å². The van der Waals surface area contributed by atoms with E-state index in [4.69, 9.17) is 25.8 Å². The van der Waals surface area contributed by atoms with Crippen LogP contribution in [-0.2, 0) is 30.2 Å². The second-order valence-corrected chi connectivity index (χ2v) is 11.6. The number of benzene rings is 2. The lowest BCUT2D eigenvalue weighted by Gasteiger charge is -2.41. The highest BCUT2D eigenvalue weighted by Crippen LogP contribution is 2.40. The fourth-order valence-electron chi connectivity index (χ4n) is 4.44. The molecule has 1 aliphatic heterocycles. The minimum absolute atomic E-state index is 0.0207. The molecule has 0 unspecified atom stereocenters. The van der Waals surface area contributed by atoms with Gasteiger partial charge in [0, 0.05) is 30.5 Å². The predicted molar refractivity (Wildman–Crippen MR) is 146 cm³/mol. The molecule has 0 aliphatic carbocycles. The normalized spacial score (nSPS) is 17.0. The highest BCUT2D eigenvalue weighted by atomic mass is 35.5. The average molecular weight is 560 g/mol. The summed E-state index contributed by atoms with van der Waals surface area (Å²) < 4.78 is 30.6. The van der Waals surface area contributed by atoms with Crippen molar-refractivity contribution in [3.63, 3.8) is 0 Å². The van der Waals surface area contributed by atoms with Crippen LogP contribution < -0.4 is 5.32 Å². The van der Waals surface area contributed by atoms with Gasteiger partial charge < -0.3 is 19.5 Å². The van der Waals surface area contributed by atoms with E-state index in [-0.39, 0.29) is 18.7 Å². The van der Waals surface area contributed by atoms with Gasteiger partial charge in [0.2, 0.25) is 0 Å². The van der Waals surface area contributed by atoms with Crippen LogP contribution in [-0.4, -0.2) is 35.5 Å². The number of cyclic esters (lactones) is 2. The van der Waals surface area contributed by atoms with Crippen LogP contribution in [0.5, 0.6) is 0 Å². The molecular weight excluding hydrogens is 525 g/mol. The number of rotatable bonds is 9. The first kappa shape index (κ1) is 30.2. The van der Waals surface area contributed by atoms with E-state index >= 15 is 0 Å². The van der Waals surface area contributed by atoms with Crippen molar-refractivity contribution in [2.75, 3.05) is 0 Å². The number of carbonyl (C=O) groups is 3. The van der Waals surface area contributed by atoms with Gasteiger partial charge in [-0.2, -0.15) is 0 Å². The molecule has 2 aromatic rings. The van der Waals surface area contributed by atoms with Crippen LogP contribution in [0.4, 0.5) is 9.18 Å². The second-order valence-electron chi connectivity index (χ2n) is 11.2. The third-order valence-corrected chi connectivity index (χ3v) is 6.48. The van der Waals surface area contributed by atoms with E-state index in [1.54, 1.807) is 39.0 Å². The number of halogens is 2. The molecular formula is C30H35ClFNO6. The Labute approximate surface area is 233 Å². The van der Waals surface area contributed by atoms with E-state index in [2.05, 4.69) is 11.9 Å². The van der Waals surface area contributed by atoms with Crippen LogP contribution >= 0.6 is 11.6 Å². The van der Waals surface area contributed by atoms with Crippen LogP contribution in [0.15, 0.2) is 55.1 Å². The Bertz CT molecular complexity index is 1220. The largest absolute Gasteiger partial charge is 0.444 e. The summed E-state index contributed by atoms with van der Waals surface area (Å²) in [4.78, 5) is 38.9. The highest BCUT2D eigenvalue weighted by Gasteiger charge is 2.56. The number of carbonyl (C=O) groups excluding carboxylic acids is 3. The van der Waals surface area contributed by atoms with E-state index < -0.39 is 40.9 Å². The molecule has 7 nitrogen and oxygen atoms in total. The molecule has 0 bridgehead atoms. The van der Waals surface area contributed by atoms with Crippen molar-refractivity contribution >= 4 is 29.6 Å². The Hall–Kier alpha value is -3.39. The molecule has 1 heterocycles. The Morgan fingerprint density at radius 3 is 2.31 bits per heavy atom. The summed E-state index contributed by atoms with van der Waals surface area (Å²) in [7, 11) is 0. The fourth-order valence-corrected chi connectivity index (χ4v) is 4.61. The van der Waals surface area contributed by atoms with Crippen molar-refractivity contribution in [1.82, 2.24) is 5.32 Å². The number of aryl methyl sites for hydroxylation is 1. The Kier molecular flexibility index (Phi) is 9.11. The van der Waals surface area contributed by atoms with E-state index in [0.717, 1.165) is 5.56 Å². The summed E-state index contributed by atoms with van der Waals surface area (Å²) in [5.74, 6) is -3.23. The summed E-state index contributed by atoms with van der Waals surface area (Å²) in [5, 5.41) is 3.25. The van der Waals surface area contributed by atoms with Crippen LogP contribution in [0.1, 0.15) is 59.4 Å². The van der Waals surface area contributed by atoms with Gasteiger partial charge >= 0.3 is 18.0 Å². The van der Waals surface area contributed by atoms with Gasteiger partial charge in [0.25, 0.3) is 5.79 Å². The minimum atomic E-state index is -1.66. The van der Waals surface area contributed by atoms with Crippen molar-refractivity contribution < 1.29 is 33.0 Å². The van der Waals surface area contributed by atoms with Gasteiger partial charge in [-0.05, 0) is 75.8 Å². The number of allylic oxidation sites excluding steroid dienone is 1. The zero-order valence-corrected chi connectivity index (χ0v) is 23.7. The summed E-state index contributed by atoms with van der Waals surface area (Å²) in [5.41, 5.74) is -0.439. The van der Waals surface area contributed by atoms with Crippen molar-refractivity contribution in [3.8, 4) is 11.1 Å². The maximum absolute atomic E-state index is 14.3. The molecule has 39 heavy (non-hydrogen) atoms. The first-order valence-corrected chi connectivity index (χ1v) is 13.1. The molecule has 1 N–H and O–H groups in total. The number of hydrogen-bond acceptors (Lipinski definition) is 6. The maximum atomic E-state index is 14.3. The predicted octanol–water partition coefficient (Wildman–Crippen LogP) is 6.76. The molecule has 3 rings (SSSR count). The summed E-state index contributed by atoms with van der Waals surface area (Å²) in [6, 6.07) is 11.0. The summed E-state index contributed by atoms with van der Waals surface area (Å²) in [6.45, 7) is 11.9. The number of amides is 1. The third kappa shape index (κ3) is 7.82. The molecule has 0 radical (unpaired) electrons. The van der Waals surface area contributed by atoms with Gasteiger partial charge in [0.1, 0.15) is 11.4 Å². The molecule has 0 spiro atoms. The molecule has 1 saturated heterocycles. The van der Waals surface area contributed by atoms with Gasteiger partial charge in [-0.3, -0.25) is 9.59 Å². The second kappa shape index (κ2) is 11.8. The molecule has 1 amide bonds. The monoisotopic (exact) mass is 559 g/mol. The lowest BCUT2D eigenvalue weighted by atomic mass is 9.76. The first-order chi connectivity index (χ1) is 18.1. The van der Waals surface area contributed by atoms with Gasteiger partial charge in [0.15, 0.2) is 5.41 Å². The number of nitrogens with one attached hydrogen (secondary N) is 1. The van der Waals surface area contributed by atoms with Crippen molar-refractivity contribution in [2.45, 2.75) is 77.7 Å². The summed E-state index contributed by atoms with van der Waals surface area (Å²) in [6.07, 6.45) is 1.54. The SMILES string of the molecule is C=CCC1(C[C@H](CCc2ccc(-c3cc(Cl)ccc3F)cc2)NC(=O)OC(C)(C)C)C(=O)OC(C)(C)OC1=O. The number of ether oxygens (including phenoxy) is 3. The molecule has 1 aliphatic rings. The van der Waals surface area contributed by atoms with E-state index in [1.807, 2.05) is 12.1 Å². The van der Waals surface area contributed by atoms with Crippen LogP contribution in [0.2, 0.25) is 5.02 Å². The Morgan fingerprint density at radius 1 is 1.13 bits per heavy atom. The van der Waals surface area contributed by atoms with Gasteiger partial charge in [0.05, 0.1) is 0 Å². The van der Waals surface area contributed by atoms with E-state index in [9.17, 15) is 18.8 Å². The van der Waals surface area contributed by atoms with Crippen molar-refractivity contribution in [3.05, 3.63) is 71.5 Å². The lowest BCUT2D eigenvalue weighted by Crippen LogP contribution is -2.56. The minimum Gasteiger partial charge on any atom is -0.444 e. The molecule has 1 fully saturated rings. The first-order valence-electron chi connectivity index (χ1n) is 12.8. The third-order valence-electron chi connectivity index (χ3n) is 6.24. The number of alkyl carbamates (subject to hydrolysis) is 1. The average Bonchev–Trinajstić information content (AvgIpc) is 2.81. The molecule has 210 valence electrons. The lowest BCUT2D eigenvalue weighted by molar-refractivity contribution is -0.251. The number of hydrogen-bond donors (Lipinski definition) is 1. The molecule has 1 atom stereocenters. The number of esters is 2. The topological polar surface area (TPSA) is 90.9 Å². The van der Waals surface area contributed by atoms with Crippen molar-refractivity contribution in [2.24, 2.45) is 5.41 Å². The molecule has 0 saturated carbocycles. The van der Waals surface area contributed by atoms with E-state index in [1.165, 1.54) is 32.1 Å². The standard InChI is InChI=1S/C30H35ClFNO6/c1-7-16-30(25(34)37-29(5,6)38-26(30)35)18-22(33-27(36)39-28(2,3)4)14-10-19-8-11-20(12-9-19)23-17-21(31)13-15-24(23)32/h7-9,11-13,15,17,22H,1,10,14,16,18H2,2-6H3,(H,33,36)/t22-/m0/s1. The Balaban J connectivity index is 1.83. The zero-order valence-electron chi connectivity index (χ0n) is 22.9. The van der Waals surface area contributed by atoms with Gasteiger partial charge in [-0.1, -0.05) is 41.9 Å². The molecule has 0 aromatic heterocycles. The molecule has 2 aromatic carbocycles. The quantitative estimate of drug-likeness (QED) is 0.207. The fraction of sp³-hybridized carbons (Fsp3) is 0.433. The van der Waals surface area contributed by atoms with Gasteiger partial charge in [-0.15, -0.1) is 6.58 Å². The smallest absolute Gasteiger partial charge is 0.407 e. The van der Waals surface area contributed by atoms with Crippen molar-refractivity contribution in [1.29, 1.82) is 0 Å². The van der Waals surface area contributed by atoms with Crippen LogP contribution in [0, 0.1) is 11.2 Å². The summed E-state index contributed by atoms with van der Waals surface area (Å²) >= 11 is 6.03.